The van der Waals surface area contributed by atoms with Crippen LogP contribution in [0.15, 0.2) is 29.2 Å². The maximum absolute atomic E-state index is 11.9. The molecule has 1 rings (SSSR count). The number of sulfonamides is 1. The molecule has 0 fully saturated rings. The summed E-state index contributed by atoms with van der Waals surface area (Å²) >= 11 is 0. The first-order valence-corrected chi connectivity index (χ1v) is 7.51. The number of nitrogens with two attached hydrogens (primary N) is 1. The van der Waals surface area contributed by atoms with Gasteiger partial charge in [0, 0.05) is 19.2 Å². The molecule has 0 bridgehead atoms. The van der Waals surface area contributed by atoms with Gasteiger partial charge in [0.1, 0.15) is 0 Å². The number of amides is 1. The Labute approximate surface area is 125 Å². The number of benzene rings is 1. The summed E-state index contributed by atoms with van der Waals surface area (Å²) in [5.74, 6) is -0.199. The summed E-state index contributed by atoms with van der Waals surface area (Å²) in [6, 6.07) is 6.01. The van der Waals surface area contributed by atoms with Crippen LogP contribution in [-0.2, 0) is 14.8 Å². The Kier molecular flexibility index (Phi) is 8.40. The topological polar surface area (TPSA) is 101 Å². The Morgan fingerprint density at radius 3 is 2.30 bits per heavy atom. The molecule has 0 radical (unpaired) electrons. The minimum atomic E-state index is -3.49. The van der Waals surface area contributed by atoms with Crippen LogP contribution < -0.4 is 15.8 Å². The van der Waals surface area contributed by atoms with Crippen molar-refractivity contribution >= 4 is 34.0 Å². The van der Waals surface area contributed by atoms with Gasteiger partial charge < -0.3 is 11.1 Å². The van der Waals surface area contributed by atoms with Crippen LogP contribution in [0.4, 0.5) is 5.69 Å². The van der Waals surface area contributed by atoms with E-state index in [-0.39, 0.29) is 23.2 Å². The lowest BCUT2D eigenvalue weighted by Crippen LogP contribution is -2.25. The molecule has 6 nitrogen and oxygen atoms in total. The van der Waals surface area contributed by atoms with E-state index in [9.17, 15) is 13.2 Å². The molecule has 0 saturated carbocycles. The van der Waals surface area contributed by atoms with Crippen LogP contribution >= 0.6 is 12.4 Å². The molecule has 0 aliphatic rings. The number of carbonyl (C=O) groups excluding carboxylic acids is 1. The van der Waals surface area contributed by atoms with E-state index in [1.807, 2.05) is 0 Å². The monoisotopic (exact) mass is 321 g/mol. The maximum Gasteiger partial charge on any atom is 0.240 e. The summed E-state index contributed by atoms with van der Waals surface area (Å²) in [7, 11) is -3.49. The van der Waals surface area contributed by atoms with E-state index in [0.717, 1.165) is 6.42 Å². The van der Waals surface area contributed by atoms with Crippen LogP contribution in [0.2, 0.25) is 0 Å². The van der Waals surface area contributed by atoms with Gasteiger partial charge in [0.15, 0.2) is 0 Å². The minimum absolute atomic E-state index is 0. The van der Waals surface area contributed by atoms with Gasteiger partial charge in [-0.2, -0.15) is 0 Å². The zero-order valence-electron chi connectivity index (χ0n) is 11.3. The summed E-state index contributed by atoms with van der Waals surface area (Å²) in [6.45, 7) is 2.31. The summed E-state index contributed by atoms with van der Waals surface area (Å²) < 4.78 is 26.3. The summed E-state index contributed by atoms with van der Waals surface area (Å²) in [5.41, 5.74) is 5.90. The van der Waals surface area contributed by atoms with E-state index < -0.39 is 10.0 Å². The van der Waals surface area contributed by atoms with E-state index in [2.05, 4.69) is 10.0 Å². The largest absolute Gasteiger partial charge is 0.330 e. The Morgan fingerprint density at radius 2 is 1.80 bits per heavy atom. The van der Waals surface area contributed by atoms with Crippen molar-refractivity contribution in [3.63, 3.8) is 0 Å². The van der Waals surface area contributed by atoms with E-state index in [4.69, 9.17) is 5.73 Å². The molecule has 0 aliphatic carbocycles. The highest BCUT2D eigenvalue weighted by Crippen LogP contribution is 2.13. The minimum Gasteiger partial charge on any atom is -0.330 e. The molecule has 8 heteroatoms. The first-order chi connectivity index (χ1) is 8.95. The first kappa shape index (κ1) is 18.9. The predicted octanol–water partition coefficient (Wildman–Crippen LogP) is 1.08. The van der Waals surface area contributed by atoms with Gasteiger partial charge in [-0.05, 0) is 43.7 Å². The molecule has 20 heavy (non-hydrogen) atoms. The molecule has 0 heterocycles. The fourth-order valence-electron chi connectivity index (χ4n) is 1.48. The predicted molar refractivity (Wildman–Crippen MR) is 81.5 cm³/mol. The van der Waals surface area contributed by atoms with Gasteiger partial charge in [0.25, 0.3) is 0 Å². The third-order valence-corrected chi connectivity index (χ3v) is 3.88. The lowest BCUT2D eigenvalue weighted by Gasteiger charge is -2.07. The molecule has 1 aromatic rings. The molecule has 114 valence electrons. The van der Waals surface area contributed by atoms with Crippen LogP contribution in [0.1, 0.15) is 19.8 Å². The average molecular weight is 322 g/mol. The van der Waals surface area contributed by atoms with Crippen molar-refractivity contribution in [3.8, 4) is 0 Å². The summed E-state index contributed by atoms with van der Waals surface area (Å²) in [6.07, 6.45) is 1.49. The second kappa shape index (κ2) is 8.91. The number of nitrogens with one attached hydrogen (secondary N) is 2. The van der Waals surface area contributed by atoms with E-state index in [0.29, 0.717) is 25.2 Å². The van der Waals surface area contributed by atoms with Crippen molar-refractivity contribution in [1.29, 1.82) is 0 Å². The Morgan fingerprint density at radius 1 is 1.20 bits per heavy atom. The molecule has 0 saturated heterocycles. The number of hydrogen-bond donors (Lipinski definition) is 3. The van der Waals surface area contributed by atoms with Gasteiger partial charge in [0.2, 0.25) is 15.9 Å². The quantitative estimate of drug-likeness (QED) is 0.654. The van der Waals surface area contributed by atoms with Gasteiger partial charge in [-0.25, -0.2) is 13.1 Å². The maximum atomic E-state index is 11.9. The van der Waals surface area contributed by atoms with Gasteiger partial charge >= 0.3 is 0 Å². The Balaban J connectivity index is 0.00000361. The molecule has 0 atom stereocenters. The van der Waals surface area contributed by atoms with Gasteiger partial charge in [0.05, 0.1) is 4.90 Å². The van der Waals surface area contributed by atoms with Gasteiger partial charge in [-0.3, -0.25) is 4.79 Å². The molecule has 1 amide bonds. The number of carbonyl (C=O) groups is 1. The fourth-order valence-corrected chi connectivity index (χ4v) is 2.55. The molecule has 4 N–H and O–H groups in total. The van der Waals surface area contributed by atoms with Crippen molar-refractivity contribution in [2.45, 2.75) is 24.7 Å². The second-order valence-corrected chi connectivity index (χ2v) is 5.87. The summed E-state index contributed by atoms with van der Waals surface area (Å²) in [5, 5.41) is 2.58. The normalized spacial score (nSPS) is 10.7. The third-order valence-electron chi connectivity index (χ3n) is 2.41. The number of anilines is 1. The van der Waals surface area contributed by atoms with Crippen molar-refractivity contribution < 1.29 is 13.2 Å². The van der Waals surface area contributed by atoms with Crippen LogP contribution in [0.5, 0.6) is 0 Å². The smallest absolute Gasteiger partial charge is 0.240 e. The second-order valence-electron chi connectivity index (χ2n) is 4.10. The molecular formula is C12H20ClN3O3S. The van der Waals surface area contributed by atoms with E-state index >= 15 is 0 Å². The summed E-state index contributed by atoms with van der Waals surface area (Å²) in [4.78, 5) is 11.0. The van der Waals surface area contributed by atoms with Crippen LogP contribution in [-0.4, -0.2) is 27.4 Å². The Hall–Kier alpha value is -1.15. The fraction of sp³-hybridized carbons (Fsp3) is 0.417. The molecule has 1 aromatic carbocycles. The SMILES string of the molecule is CC(=O)Nc1ccc(S(=O)(=O)NCCCCN)cc1.Cl. The van der Waals surface area contributed by atoms with E-state index in [1.165, 1.54) is 19.1 Å². The molecule has 0 unspecified atom stereocenters. The van der Waals surface area contributed by atoms with Crippen molar-refractivity contribution in [2.24, 2.45) is 5.73 Å². The number of halogens is 1. The molecule has 0 aliphatic heterocycles. The zero-order valence-corrected chi connectivity index (χ0v) is 12.9. The first-order valence-electron chi connectivity index (χ1n) is 6.03. The highest BCUT2D eigenvalue weighted by molar-refractivity contribution is 7.89. The molecule has 0 spiro atoms. The molecule has 0 aromatic heterocycles. The average Bonchev–Trinajstić information content (AvgIpc) is 2.35. The standard InChI is InChI=1S/C12H19N3O3S.ClH/c1-10(16)15-11-4-6-12(7-5-11)19(17,18)14-9-3-2-8-13;/h4-7,14H,2-3,8-9,13H2,1H3,(H,15,16);1H. The van der Waals surface area contributed by atoms with Crippen LogP contribution in [0, 0.1) is 0 Å². The highest BCUT2D eigenvalue weighted by atomic mass is 35.5. The number of rotatable bonds is 7. The van der Waals surface area contributed by atoms with Crippen LogP contribution in [0.3, 0.4) is 0 Å². The number of unbranched alkanes of at least 4 members (excludes halogenated alkanes) is 1. The van der Waals surface area contributed by atoms with Gasteiger partial charge in [-0.15, -0.1) is 12.4 Å². The van der Waals surface area contributed by atoms with Crippen molar-refractivity contribution in [1.82, 2.24) is 4.72 Å². The zero-order chi connectivity index (χ0) is 14.3. The van der Waals surface area contributed by atoms with Crippen molar-refractivity contribution in [3.05, 3.63) is 24.3 Å². The van der Waals surface area contributed by atoms with Crippen molar-refractivity contribution in [2.75, 3.05) is 18.4 Å². The highest BCUT2D eigenvalue weighted by Gasteiger charge is 2.12. The third kappa shape index (κ3) is 6.33. The molecular weight excluding hydrogens is 302 g/mol. The lowest BCUT2D eigenvalue weighted by atomic mass is 10.3. The van der Waals surface area contributed by atoms with E-state index in [1.54, 1.807) is 12.1 Å². The van der Waals surface area contributed by atoms with Gasteiger partial charge in [-0.1, -0.05) is 0 Å². The Bertz CT molecular complexity index is 517. The van der Waals surface area contributed by atoms with Crippen LogP contribution in [0.25, 0.3) is 0 Å². The number of hydrogen-bond acceptors (Lipinski definition) is 4. The lowest BCUT2D eigenvalue weighted by molar-refractivity contribution is -0.114.